The lowest BCUT2D eigenvalue weighted by atomic mass is 10.2. The first-order chi connectivity index (χ1) is 10.7. The van der Waals surface area contributed by atoms with Crippen LogP contribution in [-0.4, -0.2) is 35.9 Å². The summed E-state index contributed by atoms with van der Waals surface area (Å²) in [6.45, 7) is 3.03. The van der Waals surface area contributed by atoms with E-state index in [-0.39, 0.29) is 5.75 Å². The summed E-state index contributed by atoms with van der Waals surface area (Å²) in [6, 6.07) is 10.0. The standard InChI is InChI=1S/C17H19BrN2OS/c18-14-5-6-16(21)13(10-14)11-19-12-15(17-4-3-9-22-17)20-7-1-2-8-20/h3-6,9-11,15,21H,1-2,7-8,12H2/t15-/m1/s1. The van der Waals surface area contributed by atoms with Gasteiger partial charge in [0, 0.05) is 21.1 Å². The van der Waals surface area contributed by atoms with Gasteiger partial charge in [0.15, 0.2) is 0 Å². The second-order valence-corrected chi connectivity index (χ2v) is 7.37. The van der Waals surface area contributed by atoms with Gasteiger partial charge in [-0.3, -0.25) is 9.89 Å². The van der Waals surface area contributed by atoms with Gasteiger partial charge >= 0.3 is 0 Å². The molecule has 1 atom stereocenters. The lowest BCUT2D eigenvalue weighted by molar-refractivity contribution is 0.255. The summed E-state index contributed by atoms with van der Waals surface area (Å²) in [4.78, 5) is 8.49. The molecule has 0 radical (unpaired) electrons. The van der Waals surface area contributed by atoms with Crippen molar-refractivity contribution in [3.63, 3.8) is 0 Å². The number of thiophene rings is 1. The highest BCUT2D eigenvalue weighted by Gasteiger charge is 2.23. The van der Waals surface area contributed by atoms with E-state index in [9.17, 15) is 5.11 Å². The first kappa shape index (κ1) is 15.7. The van der Waals surface area contributed by atoms with Gasteiger partial charge in [-0.1, -0.05) is 22.0 Å². The Morgan fingerprint density at radius 3 is 2.86 bits per heavy atom. The van der Waals surface area contributed by atoms with Crippen LogP contribution in [0.5, 0.6) is 5.75 Å². The number of benzene rings is 1. The van der Waals surface area contributed by atoms with Gasteiger partial charge in [-0.25, -0.2) is 0 Å². The smallest absolute Gasteiger partial charge is 0.124 e. The average molecular weight is 379 g/mol. The highest BCUT2D eigenvalue weighted by Crippen LogP contribution is 2.29. The molecule has 1 aromatic carbocycles. The first-order valence-corrected chi connectivity index (χ1v) is 9.17. The minimum absolute atomic E-state index is 0.265. The van der Waals surface area contributed by atoms with Crippen LogP contribution in [0.1, 0.15) is 29.3 Å². The van der Waals surface area contributed by atoms with Crippen LogP contribution in [0, 0.1) is 0 Å². The second-order valence-electron chi connectivity index (χ2n) is 5.47. The van der Waals surface area contributed by atoms with Crippen LogP contribution >= 0.6 is 27.3 Å². The average Bonchev–Trinajstić information content (AvgIpc) is 3.20. The van der Waals surface area contributed by atoms with Crippen molar-refractivity contribution in [2.75, 3.05) is 19.6 Å². The molecule has 0 spiro atoms. The summed E-state index contributed by atoms with van der Waals surface area (Å²) < 4.78 is 0.945. The topological polar surface area (TPSA) is 35.8 Å². The molecular formula is C17H19BrN2OS. The summed E-state index contributed by atoms with van der Waals surface area (Å²) in [6.07, 6.45) is 4.33. The van der Waals surface area contributed by atoms with Crippen molar-refractivity contribution in [2.45, 2.75) is 18.9 Å². The van der Waals surface area contributed by atoms with Crippen molar-refractivity contribution in [1.29, 1.82) is 0 Å². The number of hydrogen-bond donors (Lipinski definition) is 1. The summed E-state index contributed by atoms with van der Waals surface area (Å²) in [5, 5.41) is 12.0. The molecule has 2 heterocycles. The number of halogens is 1. The van der Waals surface area contributed by atoms with Crippen LogP contribution in [0.15, 0.2) is 45.2 Å². The number of hydrogen-bond acceptors (Lipinski definition) is 4. The zero-order valence-electron chi connectivity index (χ0n) is 12.3. The number of rotatable bonds is 5. The second kappa shape index (κ2) is 7.40. The number of phenols is 1. The molecule has 0 bridgehead atoms. The molecule has 0 amide bonds. The Kier molecular flexibility index (Phi) is 5.28. The zero-order valence-corrected chi connectivity index (χ0v) is 14.7. The van der Waals surface area contributed by atoms with Crippen LogP contribution in [0.4, 0.5) is 0 Å². The lowest BCUT2D eigenvalue weighted by Crippen LogP contribution is -2.27. The van der Waals surface area contributed by atoms with E-state index in [1.807, 2.05) is 12.1 Å². The maximum absolute atomic E-state index is 9.88. The van der Waals surface area contributed by atoms with E-state index < -0.39 is 0 Å². The molecule has 1 aliphatic rings. The van der Waals surface area contributed by atoms with Crippen molar-refractivity contribution in [2.24, 2.45) is 4.99 Å². The molecule has 116 valence electrons. The van der Waals surface area contributed by atoms with Crippen LogP contribution in [0.2, 0.25) is 0 Å². The summed E-state index contributed by atoms with van der Waals surface area (Å²) in [7, 11) is 0. The van der Waals surface area contributed by atoms with Crippen LogP contribution in [0.25, 0.3) is 0 Å². The quantitative estimate of drug-likeness (QED) is 0.778. The monoisotopic (exact) mass is 378 g/mol. The minimum atomic E-state index is 0.265. The van der Waals surface area contributed by atoms with Crippen LogP contribution in [0.3, 0.4) is 0 Å². The van der Waals surface area contributed by atoms with Gasteiger partial charge in [0.2, 0.25) is 0 Å². The molecular weight excluding hydrogens is 360 g/mol. The van der Waals surface area contributed by atoms with E-state index in [2.05, 4.69) is 43.3 Å². The largest absolute Gasteiger partial charge is 0.507 e. The fourth-order valence-electron chi connectivity index (χ4n) is 2.80. The molecule has 1 N–H and O–H groups in total. The Morgan fingerprint density at radius 2 is 2.14 bits per heavy atom. The number of aromatic hydroxyl groups is 1. The van der Waals surface area contributed by atoms with Crippen LogP contribution < -0.4 is 0 Å². The van der Waals surface area contributed by atoms with Gasteiger partial charge in [-0.15, -0.1) is 11.3 Å². The maximum atomic E-state index is 9.88. The van der Waals surface area contributed by atoms with Gasteiger partial charge in [0.25, 0.3) is 0 Å². The highest BCUT2D eigenvalue weighted by atomic mass is 79.9. The Morgan fingerprint density at radius 1 is 1.32 bits per heavy atom. The molecule has 0 saturated carbocycles. The van der Waals surface area contributed by atoms with Gasteiger partial charge in [0.1, 0.15) is 5.75 Å². The van der Waals surface area contributed by atoms with Crippen molar-refractivity contribution in [1.82, 2.24) is 4.90 Å². The predicted octanol–water partition coefficient (Wildman–Crippen LogP) is 4.47. The predicted molar refractivity (Wildman–Crippen MR) is 96.1 cm³/mol. The lowest BCUT2D eigenvalue weighted by Gasteiger charge is -2.25. The molecule has 5 heteroatoms. The number of phenolic OH excluding ortho intramolecular Hbond substituents is 1. The Bertz CT molecular complexity index is 636. The molecule has 0 aliphatic carbocycles. The van der Waals surface area contributed by atoms with E-state index in [4.69, 9.17) is 0 Å². The Labute approximate surface area is 143 Å². The van der Waals surface area contributed by atoms with E-state index in [0.29, 0.717) is 6.04 Å². The molecule has 1 saturated heterocycles. The van der Waals surface area contributed by atoms with Gasteiger partial charge in [-0.2, -0.15) is 0 Å². The number of aliphatic imine (C=N–C) groups is 1. The van der Waals surface area contributed by atoms with Crippen molar-refractivity contribution < 1.29 is 5.11 Å². The third kappa shape index (κ3) is 3.77. The van der Waals surface area contributed by atoms with Crippen molar-refractivity contribution in [3.05, 3.63) is 50.6 Å². The molecule has 2 aromatic rings. The fourth-order valence-corrected chi connectivity index (χ4v) is 4.03. The van der Waals surface area contributed by atoms with Crippen molar-refractivity contribution in [3.8, 4) is 5.75 Å². The molecule has 1 aliphatic heterocycles. The summed E-state index contributed by atoms with van der Waals surface area (Å²) >= 11 is 5.22. The van der Waals surface area contributed by atoms with Gasteiger partial charge in [-0.05, 0) is 55.6 Å². The van der Waals surface area contributed by atoms with Crippen molar-refractivity contribution >= 4 is 33.5 Å². The van der Waals surface area contributed by atoms with Crippen LogP contribution in [-0.2, 0) is 0 Å². The Balaban J connectivity index is 1.73. The molecule has 1 aromatic heterocycles. The third-order valence-electron chi connectivity index (χ3n) is 3.95. The zero-order chi connectivity index (χ0) is 15.4. The fraction of sp³-hybridized carbons (Fsp3) is 0.353. The minimum Gasteiger partial charge on any atom is -0.507 e. The van der Waals surface area contributed by atoms with E-state index in [0.717, 1.165) is 29.7 Å². The summed E-state index contributed by atoms with van der Waals surface area (Å²) in [5.74, 6) is 0.265. The molecule has 3 rings (SSSR count). The third-order valence-corrected chi connectivity index (χ3v) is 5.42. The van der Waals surface area contributed by atoms with Gasteiger partial charge in [0.05, 0.1) is 12.6 Å². The molecule has 3 nitrogen and oxygen atoms in total. The SMILES string of the molecule is Oc1ccc(Br)cc1C=NC[C@H](c1cccs1)N1CCCC1. The maximum Gasteiger partial charge on any atom is 0.124 e. The molecule has 22 heavy (non-hydrogen) atoms. The molecule has 0 unspecified atom stereocenters. The molecule has 1 fully saturated rings. The number of nitrogens with zero attached hydrogens (tertiary/aromatic N) is 2. The highest BCUT2D eigenvalue weighted by molar-refractivity contribution is 9.10. The first-order valence-electron chi connectivity index (χ1n) is 7.50. The van der Waals surface area contributed by atoms with E-state index in [1.54, 1.807) is 23.6 Å². The Hall–Kier alpha value is -1.17. The van der Waals surface area contributed by atoms with E-state index in [1.165, 1.54) is 17.7 Å². The van der Waals surface area contributed by atoms with E-state index >= 15 is 0 Å². The summed E-state index contributed by atoms with van der Waals surface area (Å²) in [5.41, 5.74) is 0.751. The normalized spacial score (nSPS) is 17.3. The number of likely N-dealkylation sites (tertiary alicyclic amines) is 1. The van der Waals surface area contributed by atoms with Gasteiger partial charge < -0.3 is 5.11 Å².